The molecule has 1 aromatic rings. The van der Waals surface area contributed by atoms with Crippen LogP contribution in [0.5, 0.6) is 0 Å². The summed E-state index contributed by atoms with van der Waals surface area (Å²) in [6.45, 7) is -2.14. The number of rotatable bonds is 5. The number of hydrogen-bond acceptors (Lipinski definition) is 4. The predicted molar refractivity (Wildman–Crippen MR) is 65.4 cm³/mol. The van der Waals surface area contributed by atoms with Crippen LogP contribution in [0.25, 0.3) is 0 Å². The highest BCUT2D eigenvalue weighted by Crippen LogP contribution is 2.23. The lowest BCUT2D eigenvalue weighted by Gasteiger charge is -2.15. The van der Waals surface area contributed by atoms with Crippen molar-refractivity contribution in [2.24, 2.45) is 5.73 Å². The minimum absolute atomic E-state index is 0.0732. The van der Waals surface area contributed by atoms with Gasteiger partial charge in [0.05, 0.1) is 23.7 Å². The summed E-state index contributed by atoms with van der Waals surface area (Å²) < 4.78 is 51.2. The number of nitrogens with zero attached hydrogens (tertiary/aromatic N) is 1. The van der Waals surface area contributed by atoms with Gasteiger partial charge in [-0.2, -0.15) is 5.26 Å². The van der Waals surface area contributed by atoms with Crippen LogP contribution < -0.4 is 10.5 Å². The van der Waals surface area contributed by atoms with E-state index in [1.165, 1.54) is 12.1 Å². The van der Waals surface area contributed by atoms with Crippen molar-refractivity contribution in [3.63, 3.8) is 0 Å². The lowest BCUT2D eigenvalue weighted by molar-refractivity contribution is 0.0170. The van der Waals surface area contributed by atoms with E-state index in [-0.39, 0.29) is 10.6 Å². The molecule has 0 aromatic heterocycles. The maximum atomic E-state index is 12.9. The Labute approximate surface area is 114 Å². The normalized spacial score (nSPS) is 12.2. The highest BCUT2D eigenvalue weighted by Gasteiger charge is 2.30. The van der Waals surface area contributed by atoms with Gasteiger partial charge in [-0.25, -0.2) is 21.9 Å². The second-order valence-electron chi connectivity index (χ2n) is 3.61. The first-order valence-corrected chi connectivity index (χ1v) is 6.86. The summed E-state index contributed by atoms with van der Waals surface area (Å²) in [7, 11) is -4.26. The van der Waals surface area contributed by atoms with Gasteiger partial charge >= 0.3 is 0 Å². The summed E-state index contributed by atoms with van der Waals surface area (Å²) in [6, 6.07) is 5.35. The molecule has 0 saturated carbocycles. The van der Waals surface area contributed by atoms with E-state index in [9.17, 15) is 17.2 Å². The summed E-state index contributed by atoms with van der Waals surface area (Å²) in [5, 5.41) is 8.77. The molecule has 0 spiro atoms. The van der Waals surface area contributed by atoms with Crippen molar-refractivity contribution in [3.8, 4) is 6.07 Å². The van der Waals surface area contributed by atoms with Gasteiger partial charge in [-0.1, -0.05) is 17.7 Å². The van der Waals surface area contributed by atoms with E-state index < -0.39 is 33.9 Å². The maximum Gasteiger partial charge on any atom is 0.273 e. The Bertz CT molecular complexity index is 614. The molecule has 0 amide bonds. The summed E-state index contributed by atoms with van der Waals surface area (Å²) in [4.78, 5) is -0.449. The molecule has 3 N–H and O–H groups in total. The van der Waals surface area contributed by atoms with E-state index in [2.05, 4.69) is 0 Å². The minimum atomic E-state index is -4.26. The molecule has 0 bridgehead atoms. The molecule has 0 aliphatic carbocycles. The van der Waals surface area contributed by atoms with Crippen LogP contribution in [0.3, 0.4) is 0 Å². The summed E-state index contributed by atoms with van der Waals surface area (Å²) in [5.41, 5.74) is 4.50. The number of nitriles is 1. The third-order valence-corrected chi connectivity index (χ3v) is 3.95. The zero-order valence-corrected chi connectivity index (χ0v) is 11.1. The molecule has 104 valence electrons. The molecule has 0 aliphatic heterocycles. The first-order valence-electron chi connectivity index (χ1n) is 5.00. The summed E-state index contributed by atoms with van der Waals surface area (Å²) in [5.74, 6) is -3.36. The first-order chi connectivity index (χ1) is 8.73. The number of halogens is 3. The van der Waals surface area contributed by atoms with Crippen LogP contribution in [0.4, 0.5) is 8.78 Å². The van der Waals surface area contributed by atoms with Crippen LogP contribution in [-0.4, -0.2) is 27.4 Å². The zero-order valence-electron chi connectivity index (χ0n) is 9.53. The van der Waals surface area contributed by atoms with Crippen LogP contribution in [0.15, 0.2) is 23.1 Å². The number of sulfonamides is 1. The number of hydrogen-bond donors (Lipinski definition) is 2. The lowest BCUT2D eigenvalue weighted by atomic mass is 10.2. The van der Waals surface area contributed by atoms with Crippen molar-refractivity contribution in [1.29, 1.82) is 5.26 Å². The van der Waals surface area contributed by atoms with Gasteiger partial charge in [-0.05, 0) is 12.1 Å². The van der Waals surface area contributed by atoms with E-state index in [1.807, 2.05) is 0 Å². The van der Waals surface area contributed by atoms with Gasteiger partial charge in [0.2, 0.25) is 10.0 Å². The van der Waals surface area contributed by atoms with Crippen molar-refractivity contribution in [3.05, 3.63) is 28.8 Å². The van der Waals surface area contributed by atoms with E-state index in [0.717, 1.165) is 6.07 Å². The fourth-order valence-electron chi connectivity index (χ4n) is 1.19. The second kappa shape index (κ2) is 5.79. The Balaban J connectivity index is 3.10. The van der Waals surface area contributed by atoms with Gasteiger partial charge in [0.1, 0.15) is 11.0 Å². The molecule has 1 aromatic carbocycles. The van der Waals surface area contributed by atoms with Crippen LogP contribution >= 0.6 is 11.6 Å². The Kier molecular flexibility index (Phi) is 4.81. The molecule has 0 saturated heterocycles. The average molecular weight is 310 g/mol. The predicted octanol–water partition coefficient (Wildman–Crippen LogP) is 1.08. The molecule has 1 rings (SSSR count). The number of benzene rings is 1. The van der Waals surface area contributed by atoms with Gasteiger partial charge < -0.3 is 5.73 Å². The third-order valence-electron chi connectivity index (χ3n) is 2.20. The van der Waals surface area contributed by atoms with E-state index in [1.54, 1.807) is 10.8 Å². The molecule has 19 heavy (non-hydrogen) atoms. The standard InChI is InChI=1S/C10H10ClF2N3O2S/c11-8-2-1-3-9(7(8)4-14)19(17,18)16-6-10(12,13)5-15/h1-3,16H,5-6,15H2. The third kappa shape index (κ3) is 3.84. The van der Waals surface area contributed by atoms with Gasteiger partial charge in [0.25, 0.3) is 5.92 Å². The highest BCUT2D eigenvalue weighted by atomic mass is 35.5. The van der Waals surface area contributed by atoms with Crippen molar-refractivity contribution in [2.45, 2.75) is 10.8 Å². The van der Waals surface area contributed by atoms with Gasteiger partial charge in [0.15, 0.2) is 0 Å². The zero-order chi connectivity index (χ0) is 14.7. The Morgan fingerprint density at radius 2 is 2.11 bits per heavy atom. The summed E-state index contributed by atoms with van der Waals surface area (Å²) in [6.07, 6.45) is 0. The maximum absolute atomic E-state index is 12.9. The molecule has 0 fully saturated rings. The number of nitrogens with two attached hydrogens (primary N) is 1. The molecule has 9 heteroatoms. The van der Waals surface area contributed by atoms with Crippen LogP contribution in [-0.2, 0) is 10.0 Å². The smallest absolute Gasteiger partial charge is 0.273 e. The van der Waals surface area contributed by atoms with Crippen molar-refractivity contribution < 1.29 is 17.2 Å². The van der Waals surface area contributed by atoms with Crippen molar-refractivity contribution >= 4 is 21.6 Å². The fraction of sp³-hybridized carbons (Fsp3) is 0.300. The molecule has 0 heterocycles. The monoisotopic (exact) mass is 309 g/mol. The average Bonchev–Trinajstić information content (AvgIpc) is 2.36. The molecular formula is C10H10ClF2N3O2S. The fourth-order valence-corrected chi connectivity index (χ4v) is 2.70. The van der Waals surface area contributed by atoms with Crippen LogP contribution in [0.1, 0.15) is 5.56 Å². The Morgan fingerprint density at radius 3 is 2.63 bits per heavy atom. The molecule has 0 aliphatic rings. The first kappa shape index (κ1) is 15.8. The highest BCUT2D eigenvalue weighted by molar-refractivity contribution is 7.89. The molecule has 5 nitrogen and oxygen atoms in total. The van der Waals surface area contributed by atoms with Crippen LogP contribution in [0, 0.1) is 11.3 Å². The molecule has 0 unspecified atom stereocenters. The quantitative estimate of drug-likeness (QED) is 0.850. The van der Waals surface area contributed by atoms with Gasteiger partial charge in [0, 0.05) is 0 Å². The number of alkyl halides is 2. The Hall–Kier alpha value is -1.27. The van der Waals surface area contributed by atoms with Gasteiger partial charge in [-0.3, -0.25) is 0 Å². The SMILES string of the molecule is N#Cc1c(Cl)cccc1S(=O)(=O)NCC(F)(F)CN. The summed E-state index contributed by atoms with van der Waals surface area (Å²) >= 11 is 5.67. The lowest BCUT2D eigenvalue weighted by Crippen LogP contribution is -2.41. The topological polar surface area (TPSA) is 96.0 Å². The van der Waals surface area contributed by atoms with E-state index in [4.69, 9.17) is 22.6 Å². The minimum Gasteiger partial charge on any atom is -0.325 e. The van der Waals surface area contributed by atoms with E-state index in [0.29, 0.717) is 0 Å². The molecule has 0 atom stereocenters. The van der Waals surface area contributed by atoms with Gasteiger partial charge in [-0.15, -0.1) is 0 Å². The Morgan fingerprint density at radius 1 is 1.47 bits per heavy atom. The van der Waals surface area contributed by atoms with Crippen LogP contribution in [0.2, 0.25) is 5.02 Å². The van der Waals surface area contributed by atoms with Crippen molar-refractivity contribution in [2.75, 3.05) is 13.1 Å². The molecule has 0 radical (unpaired) electrons. The second-order valence-corrected chi connectivity index (χ2v) is 5.75. The van der Waals surface area contributed by atoms with Crippen molar-refractivity contribution in [1.82, 2.24) is 4.72 Å². The number of nitrogens with one attached hydrogen (secondary N) is 1. The molecular weight excluding hydrogens is 300 g/mol. The van der Waals surface area contributed by atoms with E-state index >= 15 is 0 Å². The largest absolute Gasteiger partial charge is 0.325 e.